The summed E-state index contributed by atoms with van der Waals surface area (Å²) in [5, 5.41) is 10.8. The summed E-state index contributed by atoms with van der Waals surface area (Å²) in [5.74, 6) is -0.181. The molecule has 5 rings (SSSR count). The lowest BCUT2D eigenvalue weighted by Gasteiger charge is -2.12. The number of nitrogens with zero attached hydrogens (tertiary/aromatic N) is 3. The Hall–Kier alpha value is -4.31. The van der Waals surface area contributed by atoms with E-state index in [0.717, 1.165) is 5.56 Å². The molecule has 0 aliphatic carbocycles. The van der Waals surface area contributed by atoms with Crippen LogP contribution in [0.4, 0.5) is 0 Å². The summed E-state index contributed by atoms with van der Waals surface area (Å²) >= 11 is 0. The van der Waals surface area contributed by atoms with E-state index in [9.17, 15) is 18.3 Å². The van der Waals surface area contributed by atoms with Gasteiger partial charge < -0.3 is 19.1 Å². The number of pyridine rings is 1. The van der Waals surface area contributed by atoms with Crippen molar-refractivity contribution < 1.29 is 27.8 Å². The molecule has 3 heterocycles. The van der Waals surface area contributed by atoms with Gasteiger partial charge in [-0.2, -0.15) is 0 Å². The summed E-state index contributed by atoms with van der Waals surface area (Å²) in [5.41, 5.74) is 2.63. The molecule has 0 spiro atoms. The summed E-state index contributed by atoms with van der Waals surface area (Å²) in [4.78, 5) is 16.1. The number of carbonyl (C=O) groups is 1. The standard InChI is InChI=1S/C26H23N3O6S/c1-16-6-8-18(9-7-16)36(32,33)29-22(11-17-5-4-10-27-26(17)29)20-14-28(15-25(30)31)21-13-24(35-3)23(34-2)12-19(20)21/h4-14H,15H2,1-3H3,(H,30,31). The van der Waals surface area contributed by atoms with Crippen LogP contribution < -0.4 is 9.47 Å². The van der Waals surface area contributed by atoms with Crippen LogP contribution in [-0.2, 0) is 21.4 Å². The molecule has 184 valence electrons. The second kappa shape index (κ2) is 8.72. The molecule has 0 amide bonds. The maximum atomic E-state index is 13.9. The predicted molar refractivity (Wildman–Crippen MR) is 135 cm³/mol. The largest absolute Gasteiger partial charge is 0.493 e. The SMILES string of the molecule is COc1cc2c(-c3cc4cccnc4n3S(=O)(=O)c3ccc(C)cc3)cn(CC(=O)O)c2cc1OC. The van der Waals surface area contributed by atoms with Crippen molar-refractivity contribution in [3.63, 3.8) is 0 Å². The van der Waals surface area contributed by atoms with Crippen molar-refractivity contribution in [2.75, 3.05) is 14.2 Å². The molecule has 1 N–H and O–H groups in total. The molecule has 5 aromatic rings. The monoisotopic (exact) mass is 505 g/mol. The number of aryl methyl sites for hydroxylation is 1. The fourth-order valence-electron chi connectivity index (χ4n) is 4.36. The number of carboxylic acid groups (broad SMARTS) is 1. The fraction of sp³-hybridized carbons (Fsp3) is 0.154. The van der Waals surface area contributed by atoms with Gasteiger partial charge in [-0.25, -0.2) is 17.4 Å². The van der Waals surface area contributed by atoms with E-state index in [0.29, 0.717) is 39.0 Å². The summed E-state index contributed by atoms with van der Waals surface area (Å²) in [6.45, 7) is 1.56. The van der Waals surface area contributed by atoms with Crippen LogP contribution in [0.3, 0.4) is 0 Å². The molecular formula is C26H23N3O6S. The number of carboxylic acids is 1. The quantitative estimate of drug-likeness (QED) is 0.351. The maximum absolute atomic E-state index is 13.9. The molecule has 36 heavy (non-hydrogen) atoms. The van der Waals surface area contributed by atoms with Crippen molar-refractivity contribution in [1.29, 1.82) is 0 Å². The molecule has 0 bridgehead atoms. The fourth-order valence-corrected chi connectivity index (χ4v) is 5.84. The second-order valence-electron chi connectivity index (χ2n) is 8.32. The molecule has 0 saturated heterocycles. The molecule has 3 aromatic heterocycles. The number of aromatic nitrogens is 3. The molecule has 0 fully saturated rings. The molecule has 0 aliphatic heterocycles. The van der Waals surface area contributed by atoms with Gasteiger partial charge in [0.25, 0.3) is 10.0 Å². The average molecular weight is 506 g/mol. The third kappa shape index (κ3) is 3.75. The number of ether oxygens (including phenoxy) is 2. The minimum atomic E-state index is -4.06. The van der Waals surface area contributed by atoms with E-state index in [1.807, 2.05) is 6.92 Å². The normalized spacial score (nSPS) is 11.8. The lowest BCUT2D eigenvalue weighted by Crippen LogP contribution is -2.14. The van der Waals surface area contributed by atoms with Crippen LogP contribution in [0.25, 0.3) is 33.2 Å². The van der Waals surface area contributed by atoms with Gasteiger partial charge in [-0.3, -0.25) is 4.79 Å². The first-order valence-corrected chi connectivity index (χ1v) is 12.4. The summed E-state index contributed by atoms with van der Waals surface area (Å²) in [6, 6.07) is 15.3. The van der Waals surface area contributed by atoms with Gasteiger partial charge in [-0.15, -0.1) is 0 Å². The Labute approximate surface area is 207 Å². The minimum absolute atomic E-state index is 0.117. The summed E-state index contributed by atoms with van der Waals surface area (Å²) < 4.78 is 41.5. The molecule has 2 aromatic carbocycles. The molecule has 0 aliphatic rings. The topological polar surface area (TPSA) is 113 Å². The second-order valence-corrected chi connectivity index (χ2v) is 10.1. The zero-order valence-electron chi connectivity index (χ0n) is 19.8. The zero-order chi connectivity index (χ0) is 25.6. The van der Waals surface area contributed by atoms with E-state index in [-0.39, 0.29) is 17.1 Å². The first-order chi connectivity index (χ1) is 17.2. The van der Waals surface area contributed by atoms with Gasteiger partial charge in [0, 0.05) is 34.8 Å². The third-order valence-corrected chi connectivity index (χ3v) is 7.77. The van der Waals surface area contributed by atoms with Gasteiger partial charge in [0.1, 0.15) is 6.54 Å². The van der Waals surface area contributed by atoms with E-state index >= 15 is 0 Å². The molecule has 0 atom stereocenters. The first-order valence-electron chi connectivity index (χ1n) is 11.0. The van der Waals surface area contributed by atoms with Gasteiger partial charge in [-0.1, -0.05) is 17.7 Å². The Morgan fingerprint density at radius 2 is 1.72 bits per heavy atom. The van der Waals surface area contributed by atoms with Crippen LogP contribution in [0.1, 0.15) is 5.56 Å². The summed E-state index contributed by atoms with van der Waals surface area (Å²) in [7, 11) is -1.06. The number of hydrogen-bond donors (Lipinski definition) is 1. The number of benzene rings is 2. The molecule has 9 nitrogen and oxygen atoms in total. The molecule has 0 saturated carbocycles. The van der Waals surface area contributed by atoms with Crippen molar-refractivity contribution in [2.24, 2.45) is 0 Å². The van der Waals surface area contributed by atoms with Crippen LogP contribution in [0.2, 0.25) is 0 Å². The van der Waals surface area contributed by atoms with Crippen LogP contribution in [0.15, 0.2) is 71.9 Å². The van der Waals surface area contributed by atoms with Gasteiger partial charge >= 0.3 is 5.97 Å². The molecule has 0 radical (unpaired) electrons. The number of rotatable bonds is 7. The van der Waals surface area contributed by atoms with E-state index < -0.39 is 16.0 Å². The van der Waals surface area contributed by atoms with Gasteiger partial charge in [0.15, 0.2) is 17.1 Å². The Morgan fingerprint density at radius 1 is 1.03 bits per heavy atom. The number of methoxy groups -OCH3 is 2. The zero-order valence-corrected chi connectivity index (χ0v) is 20.6. The molecule has 0 unspecified atom stereocenters. The van der Waals surface area contributed by atoms with E-state index in [1.165, 1.54) is 24.4 Å². The van der Waals surface area contributed by atoms with Crippen molar-refractivity contribution in [2.45, 2.75) is 18.4 Å². The molecule has 10 heteroatoms. The highest BCUT2D eigenvalue weighted by atomic mass is 32.2. The third-order valence-electron chi connectivity index (χ3n) is 6.05. The molecular weight excluding hydrogens is 482 g/mol. The van der Waals surface area contributed by atoms with E-state index in [1.54, 1.807) is 65.4 Å². The van der Waals surface area contributed by atoms with Gasteiger partial charge in [-0.05, 0) is 43.3 Å². The van der Waals surface area contributed by atoms with Gasteiger partial charge in [0.05, 0.1) is 30.3 Å². The van der Waals surface area contributed by atoms with Crippen molar-refractivity contribution in [1.82, 2.24) is 13.5 Å². The lowest BCUT2D eigenvalue weighted by molar-refractivity contribution is -0.137. The van der Waals surface area contributed by atoms with Crippen LogP contribution in [0.5, 0.6) is 11.5 Å². The van der Waals surface area contributed by atoms with Crippen LogP contribution in [-0.4, -0.2) is 47.2 Å². The predicted octanol–water partition coefficient (Wildman–Crippen LogP) is 4.31. The summed E-state index contributed by atoms with van der Waals surface area (Å²) in [6.07, 6.45) is 3.17. The first kappa shape index (κ1) is 23.4. The van der Waals surface area contributed by atoms with E-state index in [4.69, 9.17) is 9.47 Å². The Bertz CT molecular complexity index is 1730. The Balaban J connectivity index is 1.87. The van der Waals surface area contributed by atoms with Crippen molar-refractivity contribution >= 4 is 37.9 Å². The lowest BCUT2D eigenvalue weighted by atomic mass is 10.1. The Morgan fingerprint density at radius 3 is 2.39 bits per heavy atom. The highest BCUT2D eigenvalue weighted by Gasteiger charge is 2.27. The van der Waals surface area contributed by atoms with Crippen LogP contribution in [0, 0.1) is 6.92 Å². The maximum Gasteiger partial charge on any atom is 0.323 e. The van der Waals surface area contributed by atoms with Gasteiger partial charge in [0.2, 0.25) is 0 Å². The number of fused-ring (bicyclic) bond motifs is 2. The number of aliphatic carboxylic acids is 1. The minimum Gasteiger partial charge on any atom is -0.493 e. The number of hydrogen-bond acceptors (Lipinski definition) is 6. The highest BCUT2D eigenvalue weighted by Crippen LogP contribution is 2.41. The van der Waals surface area contributed by atoms with E-state index in [2.05, 4.69) is 4.98 Å². The van der Waals surface area contributed by atoms with Crippen LogP contribution >= 0.6 is 0 Å². The smallest absolute Gasteiger partial charge is 0.323 e. The van der Waals surface area contributed by atoms with Crippen molar-refractivity contribution in [3.8, 4) is 22.8 Å². The Kier molecular flexibility index (Phi) is 5.68. The average Bonchev–Trinajstić information content (AvgIpc) is 3.41. The highest BCUT2D eigenvalue weighted by molar-refractivity contribution is 7.90. The van der Waals surface area contributed by atoms with Crippen molar-refractivity contribution in [3.05, 3.63) is 72.6 Å².